The van der Waals surface area contributed by atoms with Crippen molar-refractivity contribution in [2.24, 2.45) is 0 Å². The van der Waals surface area contributed by atoms with E-state index in [9.17, 15) is 24.0 Å². The van der Waals surface area contributed by atoms with Gasteiger partial charge in [-0.2, -0.15) is 0 Å². The van der Waals surface area contributed by atoms with Crippen LogP contribution in [0.4, 0.5) is 14.6 Å². The van der Waals surface area contributed by atoms with E-state index in [1.165, 1.54) is 0 Å². The van der Waals surface area contributed by atoms with Crippen molar-refractivity contribution in [1.29, 1.82) is 0 Å². The molecule has 0 aliphatic rings. The minimum absolute atomic E-state index is 0.332. The van der Waals surface area contributed by atoms with Gasteiger partial charge in [0.2, 0.25) is 5.69 Å². The lowest BCUT2D eigenvalue weighted by molar-refractivity contribution is -0.389. The zero-order valence-electron chi connectivity index (χ0n) is 7.15. The summed E-state index contributed by atoms with van der Waals surface area (Å²) in [6, 6.07) is 0.524. The number of halogens is 3. The molecule has 82 valence electrons. The van der Waals surface area contributed by atoms with E-state index in [-0.39, 0.29) is 11.6 Å². The fourth-order valence-electron chi connectivity index (χ4n) is 0.951. The van der Waals surface area contributed by atoms with E-state index in [1.807, 2.05) is 0 Å². The molecule has 0 bridgehead atoms. The maximum Gasteiger partial charge on any atom is 0.364 e. The number of rotatable bonds is 3. The molecule has 0 saturated carbocycles. The molecule has 1 heterocycles. The molecule has 1 aromatic heterocycles. The Bertz CT molecular complexity index is 400. The first-order valence-corrected chi connectivity index (χ1v) is 4.22. The van der Waals surface area contributed by atoms with E-state index in [0.717, 1.165) is 0 Å². The first-order chi connectivity index (χ1) is 6.97. The van der Waals surface area contributed by atoms with Gasteiger partial charge in [-0.25, -0.2) is 8.78 Å². The van der Waals surface area contributed by atoms with Crippen LogP contribution in [0.1, 0.15) is 17.7 Å². The fourth-order valence-corrected chi connectivity index (χ4v) is 1.14. The number of aromatic nitrogens is 1. The number of hydrogen-bond donors (Lipinski definition) is 1. The summed E-state index contributed by atoms with van der Waals surface area (Å²) in [6.07, 6.45) is -3.02. The minimum atomic E-state index is -3.02. The Labute approximate surface area is 87.5 Å². The zero-order valence-corrected chi connectivity index (χ0v) is 7.91. The number of alkyl halides is 3. The van der Waals surface area contributed by atoms with Crippen molar-refractivity contribution in [3.63, 3.8) is 0 Å². The van der Waals surface area contributed by atoms with Gasteiger partial charge in [-0.3, -0.25) is 0 Å². The lowest BCUT2D eigenvalue weighted by Crippen LogP contribution is -1.99. The highest BCUT2D eigenvalue weighted by atomic mass is 35.5. The molecule has 0 unspecified atom stereocenters. The van der Waals surface area contributed by atoms with Crippen LogP contribution in [-0.2, 0) is 5.88 Å². The summed E-state index contributed by atoms with van der Waals surface area (Å²) in [7, 11) is 0. The maximum absolute atomic E-state index is 12.3. The number of aromatic hydroxyl groups is 1. The second kappa shape index (κ2) is 4.35. The van der Waals surface area contributed by atoms with Gasteiger partial charge in [-0.1, -0.05) is 0 Å². The summed E-state index contributed by atoms with van der Waals surface area (Å²) in [6.45, 7) is 0. The molecule has 1 aromatic rings. The molecule has 0 aliphatic heterocycles. The molecule has 1 rings (SSSR count). The van der Waals surface area contributed by atoms with Crippen LogP contribution in [0, 0.1) is 10.1 Å². The molecule has 0 spiro atoms. The Balaban J connectivity index is 3.38. The monoisotopic (exact) mass is 238 g/mol. The molecular weight excluding hydrogens is 234 g/mol. The highest BCUT2D eigenvalue weighted by molar-refractivity contribution is 6.17. The lowest BCUT2D eigenvalue weighted by Gasteiger charge is -2.04. The average molecular weight is 239 g/mol. The number of nitrogens with zero attached hydrogens (tertiary/aromatic N) is 2. The molecule has 0 fully saturated rings. The molecule has 0 aliphatic carbocycles. The summed E-state index contributed by atoms with van der Waals surface area (Å²) in [5.41, 5.74) is -1.17. The summed E-state index contributed by atoms with van der Waals surface area (Å²) in [5, 5.41) is 19.5. The van der Waals surface area contributed by atoms with E-state index in [1.54, 1.807) is 0 Å². The molecule has 0 atom stereocenters. The first kappa shape index (κ1) is 11.6. The van der Waals surface area contributed by atoms with Crippen molar-refractivity contribution in [3.05, 3.63) is 27.4 Å². The van der Waals surface area contributed by atoms with Crippen LogP contribution >= 0.6 is 11.6 Å². The molecule has 0 radical (unpaired) electrons. The Hall–Kier alpha value is -1.50. The summed E-state index contributed by atoms with van der Waals surface area (Å²) >= 11 is 5.30. The molecule has 5 nitrogen and oxygen atoms in total. The number of hydrogen-bond acceptors (Lipinski definition) is 4. The highest BCUT2D eigenvalue weighted by Gasteiger charge is 2.24. The van der Waals surface area contributed by atoms with Crippen LogP contribution in [-0.4, -0.2) is 15.0 Å². The Morgan fingerprint density at radius 3 is 2.67 bits per heavy atom. The van der Waals surface area contributed by atoms with Gasteiger partial charge in [-0.05, 0) is 9.91 Å². The maximum atomic E-state index is 12.3. The van der Waals surface area contributed by atoms with Gasteiger partial charge in [0, 0.05) is 6.07 Å². The Morgan fingerprint density at radius 1 is 1.67 bits per heavy atom. The van der Waals surface area contributed by atoms with Crippen molar-refractivity contribution in [3.8, 4) is 5.75 Å². The largest absolute Gasteiger partial charge is 0.504 e. The first-order valence-electron chi connectivity index (χ1n) is 3.68. The minimum Gasteiger partial charge on any atom is -0.504 e. The molecule has 0 amide bonds. The zero-order chi connectivity index (χ0) is 11.6. The molecule has 0 saturated heterocycles. The predicted molar refractivity (Wildman–Crippen MR) is 47.1 cm³/mol. The van der Waals surface area contributed by atoms with E-state index in [2.05, 4.69) is 4.98 Å². The predicted octanol–water partition coefficient (Wildman–Crippen LogP) is 2.37. The average Bonchev–Trinajstić information content (AvgIpc) is 2.17. The molecule has 1 N–H and O–H groups in total. The second-order valence-corrected chi connectivity index (χ2v) is 2.82. The van der Waals surface area contributed by atoms with Crippen molar-refractivity contribution in [2.45, 2.75) is 12.3 Å². The van der Waals surface area contributed by atoms with Crippen molar-refractivity contribution >= 4 is 17.4 Å². The smallest absolute Gasteiger partial charge is 0.364 e. The van der Waals surface area contributed by atoms with Gasteiger partial charge in [-0.15, -0.1) is 11.6 Å². The van der Waals surface area contributed by atoms with Crippen LogP contribution in [0.15, 0.2) is 6.07 Å². The number of pyridine rings is 1. The van der Waals surface area contributed by atoms with Crippen LogP contribution in [0.3, 0.4) is 0 Å². The quantitative estimate of drug-likeness (QED) is 0.498. The van der Waals surface area contributed by atoms with Crippen molar-refractivity contribution < 1.29 is 18.8 Å². The van der Waals surface area contributed by atoms with Gasteiger partial charge >= 0.3 is 5.82 Å². The topological polar surface area (TPSA) is 76.3 Å². The van der Waals surface area contributed by atoms with E-state index in [0.29, 0.717) is 6.07 Å². The Morgan fingerprint density at radius 2 is 2.27 bits per heavy atom. The third kappa shape index (κ3) is 2.30. The summed E-state index contributed by atoms with van der Waals surface area (Å²) < 4.78 is 24.7. The molecular formula is C7H5ClF2N2O3. The van der Waals surface area contributed by atoms with Gasteiger partial charge < -0.3 is 15.2 Å². The van der Waals surface area contributed by atoms with Gasteiger partial charge in [0.05, 0.1) is 11.4 Å². The van der Waals surface area contributed by atoms with Crippen LogP contribution in [0.5, 0.6) is 5.75 Å². The fraction of sp³-hybridized carbons (Fsp3) is 0.286. The third-order valence-corrected chi connectivity index (χ3v) is 1.88. The number of nitro groups is 1. The van der Waals surface area contributed by atoms with Gasteiger partial charge in [0.15, 0.2) is 5.75 Å². The lowest BCUT2D eigenvalue weighted by atomic mass is 10.2. The highest BCUT2D eigenvalue weighted by Crippen LogP contribution is 2.33. The van der Waals surface area contributed by atoms with Crippen molar-refractivity contribution in [1.82, 2.24) is 4.98 Å². The molecule has 0 aromatic carbocycles. The van der Waals surface area contributed by atoms with Crippen LogP contribution in [0.25, 0.3) is 0 Å². The van der Waals surface area contributed by atoms with E-state index < -0.39 is 28.5 Å². The van der Waals surface area contributed by atoms with Gasteiger partial charge in [0.25, 0.3) is 6.43 Å². The Kier molecular flexibility index (Phi) is 3.35. The van der Waals surface area contributed by atoms with Crippen LogP contribution < -0.4 is 0 Å². The molecule has 15 heavy (non-hydrogen) atoms. The second-order valence-electron chi connectivity index (χ2n) is 2.56. The SMILES string of the molecule is O=[N+]([O-])c1cc(C(F)F)c(O)c(CCl)n1. The summed E-state index contributed by atoms with van der Waals surface area (Å²) in [4.78, 5) is 12.7. The van der Waals surface area contributed by atoms with Gasteiger partial charge in [0.1, 0.15) is 0 Å². The molecule has 8 heteroatoms. The standard InChI is InChI=1S/C7H5ClF2N2O3/c8-2-4-6(13)3(7(9)10)1-5(11-4)12(14)15/h1,7,13H,2H2. The van der Waals surface area contributed by atoms with E-state index >= 15 is 0 Å². The van der Waals surface area contributed by atoms with Crippen molar-refractivity contribution in [2.75, 3.05) is 0 Å². The van der Waals surface area contributed by atoms with E-state index in [4.69, 9.17) is 11.6 Å². The normalized spacial score (nSPS) is 10.7. The van der Waals surface area contributed by atoms with Crippen LogP contribution in [0.2, 0.25) is 0 Å². The summed E-state index contributed by atoms with van der Waals surface area (Å²) in [5.74, 6) is -1.95. The third-order valence-electron chi connectivity index (χ3n) is 1.63.